The summed E-state index contributed by atoms with van der Waals surface area (Å²) >= 11 is 0. The van der Waals surface area contributed by atoms with Crippen molar-refractivity contribution in [1.29, 1.82) is 0 Å². The van der Waals surface area contributed by atoms with E-state index in [1.165, 1.54) is 17.5 Å². The topological polar surface area (TPSA) is 41.6 Å². The van der Waals surface area contributed by atoms with Crippen LogP contribution in [0.2, 0.25) is 0 Å². The van der Waals surface area contributed by atoms with Gasteiger partial charge in [0.2, 0.25) is 0 Å². The maximum atomic E-state index is 11.0. The maximum Gasteiger partial charge on any atom is 0.120 e. The standard InChI is InChI=1S/C26H42N2O2/c1-18(2)23-12-10-22(11-13-23)17-30-21(6)25(9-8-16-29)27-20(5)26-24(19(3)4)14-15-28(26)7/h10-13,16,18-19,21,24-27H,5,8-9,14-15,17H2,1-4,6-7H3. The molecule has 1 heterocycles. The molecule has 0 amide bonds. The van der Waals surface area contributed by atoms with E-state index >= 15 is 0 Å². The molecule has 30 heavy (non-hydrogen) atoms. The number of likely N-dealkylation sites (N-methyl/N-ethyl adjacent to an activating group) is 1. The zero-order valence-corrected chi connectivity index (χ0v) is 19.9. The minimum atomic E-state index is -0.0179. The van der Waals surface area contributed by atoms with Gasteiger partial charge in [-0.25, -0.2) is 0 Å². The van der Waals surface area contributed by atoms with Gasteiger partial charge in [0.1, 0.15) is 6.29 Å². The number of ether oxygens (including phenoxy) is 1. The van der Waals surface area contributed by atoms with E-state index in [4.69, 9.17) is 4.74 Å². The first-order valence-electron chi connectivity index (χ1n) is 11.5. The molecule has 4 nitrogen and oxygen atoms in total. The number of nitrogens with one attached hydrogen (secondary N) is 1. The smallest absolute Gasteiger partial charge is 0.120 e. The van der Waals surface area contributed by atoms with Crippen LogP contribution in [0.15, 0.2) is 36.5 Å². The second-order valence-electron chi connectivity index (χ2n) is 9.55. The van der Waals surface area contributed by atoms with E-state index < -0.39 is 0 Å². The molecule has 1 aliphatic heterocycles. The first-order chi connectivity index (χ1) is 14.2. The van der Waals surface area contributed by atoms with E-state index in [9.17, 15) is 4.79 Å². The average molecular weight is 415 g/mol. The second kappa shape index (κ2) is 11.7. The summed E-state index contributed by atoms with van der Waals surface area (Å²) in [6, 6.07) is 9.06. The van der Waals surface area contributed by atoms with Crippen molar-refractivity contribution in [2.24, 2.45) is 11.8 Å². The Balaban J connectivity index is 1.99. The van der Waals surface area contributed by atoms with Crippen LogP contribution in [-0.2, 0) is 16.1 Å². The van der Waals surface area contributed by atoms with Crippen molar-refractivity contribution in [2.45, 2.75) is 84.6 Å². The summed E-state index contributed by atoms with van der Waals surface area (Å²) in [5.74, 6) is 1.76. The molecule has 0 aliphatic carbocycles. The van der Waals surface area contributed by atoms with Crippen molar-refractivity contribution in [3.8, 4) is 0 Å². The summed E-state index contributed by atoms with van der Waals surface area (Å²) < 4.78 is 6.22. The molecular formula is C26H42N2O2. The predicted octanol–water partition coefficient (Wildman–Crippen LogP) is 5.14. The van der Waals surface area contributed by atoms with Gasteiger partial charge in [0.25, 0.3) is 0 Å². The number of hydrogen-bond acceptors (Lipinski definition) is 4. The van der Waals surface area contributed by atoms with Gasteiger partial charge in [0, 0.05) is 12.1 Å². The third-order valence-corrected chi connectivity index (χ3v) is 6.60. The lowest BCUT2D eigenvalue weighted by Crippen LogP contribution is -2.45. The highest BCUT2D eigenvalue weighted by atomic mass is 16.5. The van der Waals surface area contributed by atoms with Crippen LogP contribution in [0.3, 0.4) is 0 Å². The summed E-state index contributed by atoms with van der Waals surface area (Å²) in [5.41, 5.74) is 3.57. The van der Waals surface area contributed by atoms with Crippen molar-refractivity contribution in [3.05, 3.63) is 47.7 Å². The van der Waals surface area contributed by atoms with Gasteiger partial charge in [-0.15, -0.1) is 0 Å². The molecule has 0 bridgehead atoms. The Bertz CT molecular complexity index is 668. The maximum absolute atomic E-state index is 11.0. The van der Waals surface area contributed by atoms with Crippen molar-refractivity contribution in [1.82, 2.24) is 10.2 Å². The summed E-state index contributed by atoms with van der Waals surface area (Å²) in [4.78, 5) is 13.4. The van der Waals surface area contributed by atoms with Crippen LogP contribution in [0.5, 0.6) is 0 Å². The molecular weight excluding hydrogens is 372 g/mol. The van der Waals surface area contributed by atoms with Gasteiger partial charge in [-0.3, -0.25) is 4.90 Å². The molecule has 1 aromatic rings. The van der Waals surface area contributed by atoms with E-state index in [2.05, 4.69) is 82.7 Å². The molecule has 1 saturated heterocycles. The number of carbonyl (C=O) groups is 1. The number of aldehydes is 1. The molecule has 1 aromatic carbocycles. The number of hydrogen-bond donors (Lipinski definition) is 1. The third kappa shape index (κ3) is 6.68. The number of nitrogens with zero attached hydrogens (tertiary/aromatic N) is 1. The average Bonchev–Trinajstić information content (AvgIpc) is 3.11. The molecule has 4 heteroatoms. The number of likely N-dealkylation sites (tertiary alicyclic amines) is 1. The van der Waals surface area contributed by atoms with Gasteiger partial charge in [0.05, 0.1) is 24.8 Å². The third-order valence-electron chi connectivity index (χ3n) is 6.60. The number of benzene rings is 1. The van der Waals surface area contributed by atoms with Crippen LogP contribution >= 0.6 is 0 Å². The highest BCUT2D eigenvalue weighted by molar-refractivity contribution is 5.49. The van der Waals surface area contributed by atoms with Crippen molar-refractivity contribution in [3.63, 3.8) is 0 Å². The fourth-order valence-electron chi connectivity index (χ4n) is 4.54. The minimum Gasteiger partial charge on any atom is -0.382 e. The number of carbonyl (C=O) groups excluding carboxylic acids is 1. The van der Waals surface area contributed by atoms with Crippen molar-refractivity contribution >= 4 is 6.29 Å². The van der Waals surface area contributed by atoms with Crippen molar-refractivity contribution < 1.29 is 9.53 Å². The lowest BCUT2D eigenvalue weighted by molar-refractivity contribution is -0.108. The zero-order valence-electron chi connectivity index (χ0n) is 19.9. The predicted molar refractivity (Wildman–Crippen MR) is 126 cm³/mol. The molecule has 0 radical (unpaired) electrons. The SMILES string of the molecule is C=C(NC(CCC=O)C(C)OCc1ccc(C(C)C)cc1)C1C(C(C)C)CCN1C. The molecule has 0 aromatic heterocycles. The Hall–Kier alpha value is -1.65. The van der Waals surface area contributed by atoms with Crippen LogP contribution in [0.4, 0.5) is 0 Å². The lowest BCUT2D eigenvalue weighted by atomic mass is 9.87. The van der Waals surface area contributed by atoms with Crippen LogP contribution in [0, 0.1) is 11.8 Å². The summed E-state index contributed by atoms with van der Waals surface area (Å²) in [7, 11) is 2.18. The molecule has 1 aliphatic rings. The normalized spacial score (nSPS) is 21.7. The van der Waals surface area contributed by atoms with Crippen molar-refractivity contribution in [2.75, 3.05) is 13.6 Å². The first kappa shape index (κ1) is 24.6. The first-order valence-corrected chi connectivity index (χ1v) is 11.5. The Kier molecular flexibility index (Phi) is 9.57. The fraction of sp³-hybridized carbons (Fsp3) is 0.654. The van der Waals surface area contributed by atoms with E-state index in [1.54, 1.807) is 0 Å². The van der Waals surface area contributed by atoms with Crippen LogP contribution < -0.4 is 5.32 Å². The van der Waals surface area contributed by atoms with E-state index in [1.807, 2.05) is 0 Å². The quantitative estimate of drug-likeness (QED) is 0.481. The Morgan fingerprint density at radius 3 is 2.47 bits per heavy atom. The molecule has 168 valence electrons. The van der Waals surface area contributed by atoms with Gasteiger partial charge in [-0.1, -0.05) is 58.5 Å². The highest BCUT2D eigenvalue weighted by Gasteiger charge is 2.36. The van der Waals surface area contributed by atoms with Gasteiger partial charge < -0.3 is 14.8 Å². The van der Waals surface area contributed by atoms with E-state index in [-0.39, 0.29) is 12.1 Å². The van der Waals surface area contributed by atoms with E-state index in [0.717, 1.165) is 24.9 Å². The van der Waals surface area contributed by atoms with Gasteiger partial charge in [-0.05, 0) is 62.2 Å². The summed E-state index contributed by atoms with van der Waals surface area (Å²) in [6.07, 6.45) is 3.45. The molecule has 4 unspecified atom stereocenters. The molecule has 1 N–H and O–H groups in total. The van der Waals surface area contributed by atoms with Crippen LogP contribution in [0.25, 0.3) is 0 Å². The summed E-state index contributed by atoms with van der Waals surface area (Å²) in [6.45, 7) is 17.2. The Labute approximate surface area is 184 Å². The monoisotopic (exact) mass is 414 g/mol. The van der Waals surface area contributed by atoms with Gasteiger partial charge in [-0.2, -0.15) is 0 Å². The number of rotatable bonds is 12. The molecule has 2 rings (SSSR count). The molecule has 0 saturated carbocycles. The molecule has 4 atom stereocenters. The molecule has 0 spiro atoms. The highest BCUT2D eigenvalue weighted by Crippen LogP contribution is 2.32. The van der Waals surface area contributed by atoms with Crippen LogP contribution in [0.1, 0.15) is 70.9 Å². The fourth-order valence-corrected chi connectivity index (χ4v) is 4.54. The summed E-state index contributed by atoms with van der Waals surface area (Å²) in [5, 5.41) is 3.65. The Morgan fingerprint density at radius 2 is 1.90 bits per heavy atom. The zero-order chi connectivity index (χ0) is 22.3. The largest absolute Gasteiger partial charge is 0.382 e. The van der Waals surface area contributed by atoms with Gasteiger partial charge in [0.15, 0.2) is 0 Å². The van der Waals surface area contributed by atoms with E-state index in [0.29, 0.717) is 36.8 Å². The molecule has 1 fully saturated rings. The minimum absolute atomic E-state index is 0.0179. The lowest BCUT2D eigenvalue weighted by Gasteiger charge is -2.34. The Morgan fingerprint density at radius 1 is 1.23 bits per heavy atom. The second-order valence-corrected chi connectivity index (χ2v) is 9.55. The van der Waals surface area contributed by atoms with Crippen LogP contribution in [-0.4, -0.2) is 43.0 Å². The van der Waals surface area contributed by atoms with Gasteiger partial charge >= 0.3 is 0 Å².